The van der Waals surface area contributed by atoms with E-state index < -0.39 is 0 Å². The minimum Gasteiger partial charge on any atom is -0.493 e. The van der Waals surface area contributed by atoms with Gasteiger partial charge >= 0.3 is 0 Å². The average Bonchev–Trinajstić information content (AvgIpc) is 3.60. The van der Waals surface area contributed by atoms with Gasteiger partial charge in [0, 0.05) is 43.0 Å². The Bertz CT molecular complexity index is 1040. The molecule has 3 heterocycles. The van der Waals surface area contributed by atoms with Gasteiger partial charge in [0.2, 0.25) is 12.5 Å². The molecule has 7 heteroatoms. The third-order valence-corrected chi connectivity index (χ3v) is 7.85. The second-order valence-corrected chi connectivity index (χ2v) is 9.32. The summed E-state index contributed by atoms with van der Waals surface area (Å²) in [6.07, 6.45) is 5.72. The topological polar surface area (TPSA) is 58.6 Å². The second-order valence-electron chi connectivity index (χ2n) is 9.32. The van der Waals surface area contributed by atoms with Crippen molar-refractivity contribution >= 4 is 0 Å². The summed E-state index contributed by atoms with van der Waals surface area (Å²) in [5.41, 5.74) is 1.97. The second kappa shape index (κ2) is 7.90. The Morgan fingerprint density at radius 3 is 2.21 bits per heavy atom. The van der Waals surface area contributed by atoms with Crippen LogP contribution in [0, 0.1) is 5.92 Å². The SMILES string of the molecule is COc1cc([C@@H]2c3cc4c(cc3O[C@]3(N5CCCC5)CCC[C@@H]23)OCO4)cc(OC)c1OC. The van der Waals surface area contributed by atoms with Crippen LogP contribution in [0.2, 0.25) is 0 Å². The molecule has 7 nitrogen and oxygen atoms in total. The predicted octanol–water partition coefficient (Wildman–Crippen LogP) is 4.56. The lowest BCUT2D eigenvalue weighted by Crippen LogP contribution is -2.58. The number of ether oxygens (including phenoxy) is 6. The van der Waals surface area contributed by atoms with E-state index in [1.165, 1.54) is 12.8 Å². The molecule has 33 heavy (non-hydrogen) atoms. The van der Waals surface area contributed by atoms with Crippen LogP contribution in [0.15, 0.2) is 24.3 Å². The van der Waals surface area contributed by atoms with Crippen LogP contribution in [0.25, 0.3) is 0 Å². The molecule has 2 fully saturated rings. The lowest BCUT2D eigenvalue weighted by atomic mass is 9.73. The van der Waals surface area contributed by atoms with Gasteiger partial charge in [-0.25, -0.2) is 0 Å². The number of hydrogen-bond donors (Lipinski definition) is 0. The van der Waals surface area contributed by atoms with Crippen molar-refractivity contribution in [1.82, 2.24) is 4.90 Å². The van der Waals surface area contributed by atoms with E-state index in [-0.39, 0.29) is 18.4 Å². The molecule has 6 rings (SSSR count). The zero-order valence-electron chi connectivity index (χ0n) is 19.5. The van der Waals surface area contributed by atoms with E-state index in [0.717, 1.165) is 60.7 Å². The van der Waals surface area contributed by atoms with E-state index in [4.69, 9.17) is 28.4 Å². The Labute approximate surface area is 194 Å². The van der Waals surface area contributed by atoms with Crippen molar-refractivity contribution in [2.75, 3.05) is 41.2 Å². The summed E-state index contributed by atoms with van der Waals surface area (Å²) in [5.74, 6) is 4.80. The Kier molecular flexibility index (Phi) is 4.98. The maximum atomic E-state index is 6.97. The molecular weight excluding hydrogens is 422 g/mol. The summed E-state index contributed by atoms with van der Waals surface area (Å²) in [7, 11) is 4.97. The molecule has 0 amide bonds. The Morgan fingerprint density at radius 2 is 1.55 bits per heavy atom. The molecule has 2 aromatic rings. The van der Waals surface area contributed by atoms with Crippen LogP contribution in [0.4, 0.5) is 0 Å². The number of rotatable bonds is 5. The minimum absolute atomic E-state index is 0.111. The van der Waals surface area contributed by atoms with E-state index in [1.54, 1.807) is 21.3 Å². The van der Waals surface area contributed by atoms with E-state index in [0.29, 0.717) is 23.2 Å². The third kappa shape index (κ3) is 3.05. The molecule has 1 saturated heterocycles. The highest BCUT2D eigenvalue weighted by atomic mass is 16.7. The first-order valence-electron chi connectivity index (χ1n) is 11.9. The first kappa shape index (κ1) is 20.8. The Hall–Kier alpha value is -2.80. The lowest BCUT2D eigenvalue weighted by molar-refractivity contribution is -0.117. The van der Waals surface area contributed by atoms with Gasteiger partial charge in [0.05, 0.1) is 21.3 Å². The van der Waals surface area contributed by atoms with Gasteiger partial charge in [-0.3, -0.25) is 4.90 Å². The van der Waals surface area contributed by atoms with Gasteiger partial charge in [-0.15, -0.1) is 0 Å². The Balaban J connectivity index is 1.56. The summed E-state index contributed by atoms with van der Waals surface area (Å²) in [4.78, 5) is 2.59. The molecule has 1 saturated carbocycles. The van der Waals surface area contributed by atoms with Crippen molar-refractivity contribution in [2.24, 2.45) is 5.92 Å². The number of methoxy groups -OCH3 is 3. The monoisotopic (exact) mass is 453 g/mol. The first-order chi connectivity index (χ1) is 16.2. The summed E-state index contributed by atoms with van der Waals surface area (Å²) in [6, 6.07) is 8.32. The predicted molar refractivity (Wildman–Crippen MR) is 122 cm³/mol. The fraction of sp³-hybridized carbons (Fsp3) is 0.538. The minimum atomic E-state index is -0.303. The van der Waals surface area contributed by atoms with Gasteiger partial charge < -0.3 is 28.4 Å². The smallest absolute Gasteiger partial charge is 0.231 e. The van der Waals surface area contributed by atoms with E-state index in [9.17, 15) is 0 Å². The zero-order chi connectivity index (χ0) is 22.6. The van der Waals surface area contributed by atoms with Gasteiger partial charge in [0.15, 0.2) is 28.7 Å². The zero-order valence-corrected chi connectivity index (χ0v) is 19.5. The third-order valence-electron chi connectivity index (χ3n) is 7.85. The number of hydrogen-bond acceptors (Lipinski definition) is 7. The fourth-order valence-electron chi connectivity index (χ4n) is 6.46. The molecule has 176 valence electrons. The number of likely N-dealkylation sites (tertiary alicyclic amines) is 1. The van der Waals surface area contributed by atoms with Crippen molar-refractivity contribution < 1.29 is 28.4 Å². The van der Waals surface area contributed by atoms with E-state index in [1.807, 2.05) is 6.07 Å². The summed E-state index contributed by atoms with van der Waals surface area (Å²) in [5, 5.41) is 0. The van der Waals surface area contributed by atoms with Crippen molar-refractivity contribution in [3.8, 4) is 34.5 Å². The molecule has 4 aliphatic rings. The molecule has 0 unspecified atom stereocenters. The molecule has 3 atom stereocenters. The van der Waals surface area contributed by atoms with E-state index >= 15 is 0 Å². The lowest BCUT2D eigenvalue weighted by Gasteiger charge is -2.50. The standard InChI is InChI=1S/C26H31NO6/c1-28-22-11-16(12-23(29-2)25(22)30-3)24-17-13-20-21(32-15-31-20)14-19(17)33-26(8-6-7-18(24)26)27-9-4-5-10-27/h11-14,18,24H,4-10,15H2,1-3H3/t18-,24+,26+/m0/s1. The number of benzene rings is 2. The van der Waals surface area contributed by atoms with Gasteiger partial charge in [-0.05, 0) is 49.4 Å². The van der Waals surface area contributed by atoms with Crippen LogP contribution in [-0.2, 0) is 0 Å². The molecule has 2 aromatic carbocycles. The van der Waals surface area contributed by atoms with Gasteiger partial charge in [0.1, 0.15) is 5.75 Å². The molecule has 0 aromatic heterocycles. The maximum absolute atomic E-state index is 6.97. The van der Waals surface area contributed by atoms with Crippen molar-refractivity contribution in [1.29, 1.82) is 0 Å². The van der Waals surface area contributed by atoms with E-state index in [2.05, 4.69) is 23.1 Å². The molecule has 3 aliphatic heterocycles. The summed E-state index contributed by atoms with van der Waals surface area (Å²) >= 11 is 0. The molecule has 0 bridgehead atoms. The molecule has 1 aliphatic carbocycles. The summed E-state index contributed by atoms with van der Waals surface area (Å²) in [6.45, 7) is 2.41. The van der Waals surface area contributed by atoms with Crippen LogP contribution >= 0.6 is 0 Å². The number of nitrogens with zero attached hydrogens (tertiary/aromatic N) is 1. The van der Waals surface area contributed by atoms with Crippen LogP contribution in [-0.4, -0.2) is 51.8 Å². The fourth-order valence-corrected chi connectivity index (χ4v) is 6.46. The Morgan fingerprint density at radius 1 is 0.848 bits per heavy atom. The van der Waals surface area contributed by atoms with Crippen molar-refractivity contribution in [3.63, 3.8) is 0 Å². The van der Waals surface area contributed by atoms with Crippen LogP contribution in [0.1, 0.15) is 49.1 Å². The molecule has 0 spiro atoms. The van der Waals surface area contributed by atoms with Crippen LogP contribution < -0.4 is 28.4 Å². The summed E-state index contributed by atoms with van der Waals surface area (Å²) < 4.78 is 35.5. The van der Waals surface area contributed by atoms with Crippen molar-refractivity contribution in [2.45, 2.75) is 43.7 Å². The van der Waals surface area contributed by atoms with Gasteiger partial charge in [-0.1, -0.05) is 0 Å². The number of fused-ring (bicyclic) bond motifs is 3. The highest BCUT2D eigenvalue weighted by Crippen LogP contribution is 2.59. The molecule has 0 N–H and O–H groups in total. The largest absolute Gasteiger partial charge is 0.493 e. The highest BCUT2D eigenvalue weighted by Gasteiger charge is 2.57. The molecule has 0 radical (unpaired) electrons. The maximum Gasteiger partial charge on any atom is 0.231 e. The van der Waals surface area contributed by atoms with Crippen LogP contribution in [0.5, 0.6) is 34.5 Å². The highest BCUT2D eigenvalue weighted by molar-refractivity contribution is 5.60. The van der Waals surface area contributed by atoms with Crippen LogP contribution in [0.3, 0.4) is 0 Å². The van der Waals surface area contributed by atoms with Gasteiger partial charge in [-0.2, -0.15) is 0 Å². The first-order valence-corrected chi connectivity index (χ1v) is 11.9. The quantitative estimate of drug-likeness (QED) is 0.658. The molecular formula is C26H31NO6. The average molecular weight is 454 g/mol. The van der Waals surface area contributed by atoms with Gasteiger partial charge in [0.25, 0.3) is 0 Å². The van der Waals surface area contributed by atoms with Crippen molar-refractivity contribution in [3.05, 3.63) is 35.4 Å². The normalized spacial score (nSPS) is 27.6.